The number of hydrogen-bond acceptors (Lipinski definition) is 4. The predicted molar refractivity (Wildman–Crippen MR) is 155 cm³/mol. The van der Waals surface area contributed by atoms with Gasteiger partial charge in [0.05, 0.1) is 5.69 Å². The fourth-order valence-electron chi connectivity index (χ4n) is 4.11. The minimum absolute atomic E-state index is 0.0796. The van der Waals surface area contributed by atoms with Crippen molar-refractivity contribution in [3.8, 4) is 0 Å². The minimum atomic E-state index is -4.19. The lowest BCUT2D eigenvalue weighted by Gasteiger charge is -2.35. The van der Waals surface area contributed by atoms with Gasteiger partial charge in [0.1, 0.15) is 24.2 Å². The van der Waals surface area contributed by atoms with Crippen LogP contribution in [0.5, 0.6) is 0 Å². The third kappa shape index (κ3) is 8.58. The highest BCUT2D eigenvalue weighted by atomic mass is 32.2. The van der Waals surface area contributed by atoms with Crippen molar-refractivity contribution in [1.82, 2.24) is 14.5 Å². The summed E-state index contributed by atoms with van der Waals surface area (Å²) in [6.07, 6.45) is 0.822. The molecule has 0 heterocycles. The predicted octanol–water partition coefficient (Wildman–Crippen LogP) is 4.13. The highest BCUT2D eigenvalue weighted by molar-refractivity contribution is 7.90. The van der Waals surface area contributed by atoms with Crippen molar-refractivity contribution >= 4 is 27.7 Å². The Bertz CT molecular complexity index is 1400. The van der Waals surface area contributed by atoms with E-state index in [1.54, 1.807) is 0 Å². The van der Waals surface area contributed by atoms with Gasteiger partial charge in [0.25, 0.3) is 0 Å². The Morgan fingerprint density at radius 3 is 1.95 bits per heavy atom. The van der Waals surface area contributed by atoms with E-state index < -0.39 is 46.2 Å². The van der Waals surface area contributed by atoms with Crippen molar-refractivity contribution in [3.05, 3.63) is 102 Å². The van der Waals surface area contributed by atoms with Gasteiger partial charge in [0.15, 0.2) is 0 Å². The third-order valence-corrected chi connectivity index (χ3v) is 8.49. The maximum Gasteiger partial charge on any atom is 0.304 e. The summed E-state index contributed by atoms with van der Waals surface area (Å²) in [7, 11) is -1.55. The lowest BCUT2D eigenvalue weighted by atomic mass is 10.0. The van der Waals surface area contributed by atoms with Crippen molar-refractivity contribution < 1.29 is 26.8 Å². The number of carbonyl (C=O) groups excluding carboxylic acids is 2. The third-order valence-electron chi connectivity index (χ3n) is 6.67. The molecule has 0 aliphatic rings. The number of carbonyl (C=O) groups is 2. The van der Waals surface area contributed by atoms with Gasteiger partial charge in [0, 0.05) is 33.1 Å². The summed E-state index contributed by atoms with van der Waals surface area (Å²) in [5.74, 6) is -2.09. The molecule has 3 rings (SSSR count). The van der Waals surface area contributed by atoms with Crippen LogP contribution in [-0.2, 0) is 32.8 Å². The molecule has 3 aromatic rings. The first-order valence-corrected chi connectivity index (χ1v) is 14.7. The number of rotatable bonds is 13. The molecule has 8 nitrogen and oxygen atoms in total. The molecule has 0 aliphatic heterocycles. The molecule has 2 atom stereocenters. The summed E-state index contributed by atoms with van der Waals surface area (Å²) in [6.45, 7) is 3.04. The largest absolute Gasteiger partial charge is 0.352 e. The van der Waals surface area contributed by atoms with Gasteiger partial charge in [-0.2, -0.15) is 12.7 Å². The van der Waals surface area contributed by atoms with Gasteiger partial charge in [-0.3, -0.25) is 9.59 Å². The molecule has 0 spiro atoms. The number of nitrogens with zero attached hydrogens (tertiary/aromatic N) is 3. The molecule has 0 bridgehead atoms. The van der Waals surface area contributed by atoms with Crippen molar-refractivity contribution in [2.45, 2.75) is 45.3 Å². The Labute approximate surface area is 240 Å². The molecule has 0 radical (unpaired) electrons. The van der Waals surface area contributed by atoms with Crippen molar-refractivity contribution in [2.75, 3.05) is 24.9 Å². The van der Waals surface area contributed by atoms with Crippen LogP contribution < -0.4 is 9.62 Å². The van der Waals surface area contributed by atoms with Crippen LogP contribution in [0, 0.1) is 11.6 Å². The van der Waals surface area contributed by atoms with Crippen LogP contribution in [0.3, 0.4) is 0 Å². The van der Waals surface area contributed by atoms with Crippen LogP contribution in [0.25, 0.3) is 0 Å². The average Bonchev–Trinajstić information content (AvgIpc) is 2.95. The maximum absolute atomic E-state index is 14.1. The monoisotopic (exact) mass is 586 g/mol. The summed E-state index contributed by atoms with van der Waals surface area (Å²) in [4.78, 5) is 29.1. The second-order valence-corrected chi connectivity index (χ2v) is 12.0. The number of anilines is 1. The van der Waals surface area contributed by atoms with E-state index in [4.69, 9.17) is 0 Å². The zero-order chi connectivity index (χ0) is 30.2. The molecule has 0 aliphatic carbocycles. The molecule has 11 heteroatoms. The molecule has 0 saturated carbocycles. The van der Waals surface area contributed by atoms with Crippen molar-refractivity contribution in [2.24, 2.45) is 0 Å². The van der Waals surface area contributed by atoms with Gasteiger partial charge >= 0.3 is 10.2 Å². The van der Waals surface area contributed by atoms with E-state index in [9.17, 15) is 26.8 Å². The molecule has 0 fully saturated rings. The zero-order valence-electron chi connectivity index (χ0n) is 23.6. The van der Waals surface area contributed by atoms with E-state index in [0.717, 1.165) is 26.3 Å². The van der Waals surface area contributed by atoms with E-state index in [2.05, 4.69) is 5.32 Å². The number of halogens is 2. The topological polar surface area (TPSA) is 90.0 Å². The minimum Gasteiger partial charge on any atom is -0.352 e. The van der Waals surface area contributed by atoms with E-state index in [0.29, 0.717) is 12.0 Å². The van der Waals surface area contributed by atoms with Crippen molar-refractivity contribution in [3.63, 3.8) is 0 Å². The Morgan fingerprint density at radius 1 is 0.854 bits per heavy atom. The first kappa shape index (κ1) is 31.7. The van der Waals surface area contributed by atoms with Gasteiger partial charge in [-0.05, 0) is 60.9 Å². The molecular weight excluding hydrogens is 550 g/mol. The molecule has 1 N–H and O–H groups in total. The quantitative estimate of drug-likeness (QED) is 0.326. The van der Waals surface area contributed by atoms with E-state index in [1.807, 2.05) is 44.2 Å². The van der Waals surface area contributed by atoms with Crippen LogP contribution in [0.4, 0.5) is 14.5 Å². The van der Waals surface area contributed by atoms with Crippen LogP contribution in [0.2, 0.25) is 0 Å². The standard InChI is InChI=1S/C30H36F2N4O4S/c1-5-22(2)33-30(38)28(19-23-9-7-6-8-10-23)35(20-24-11-13-25(31)14-12-24)29(37)21-36(41(39,40)34(3)4)27-17-15-26(32)16-18-27/h6-18,22,28H,5,19-21H2,1-4H3,(H,33,38)/t22-,28+/m0/s1. The van der Waals surface area contributed by atoms with Crippen LogP contribution in [-0.4, -0.2) is 62.2 Å². The highest BCUT2D eigenvalue weighted by Gasteiger charge is 2.35. The highest BCUT2D eigenvalue weighted by Crippen LogP contribution is 2.22. The van der Waals surface area contributed by atoms with Crippen LogP contribution >= 0.6 is 0 Å². The second-order valence-electron chi connectivity index (χ2n) is 9.94. The van der Waals surface area contributed by atoms with Crippen LogP contribution in [0.1, 0.15) is 31.4 Å². The summed E-state index contributed by atoms with van der Waals surface area (Å²) in [5.41, 5.74) is 1.43. The molecule has 0 saturated heterocycles. The van der Waals surface area contributed by atoms with E-state index in [-0.39, 0.29) is 24.7 Å². The molecule has 220 valence electrons. The lowest BCUT2D eigenvalue weighted by Crippen LogP contribution is -2.55. The van der Waals surface area contributed by atoms with Gasteiger partial charge in [-0.15, -0.1) is 0 Å². The maximum atomic E-state index is 14.1. The van der Waals surface area contributed by atoms with E-state index >= 15 is 0 Å². The SMILES string of the molecule is CC[C@H](C)NC(=O)[C@@H](Cc1ccccc1)N(Cc1ccc(F)cc1)C(=O)CN(c1ccc(F)cc1)S(=O)(=O)N(C)C. The zero-order valence-corrected chi connectivity index (χ0v) is 24.4. The molecule has 2 amide bonds. The number of amides is 2. The van der Waals surface area contributed by atoms with E-state index in [1.165, 1.54) is 55.4 Å². The Kier molecular flexibility index (Phi) is 11.0. The van der Waals surface area contributed by atoms with Crippen LogP contribution in [0.15, 0.2) is 78.9 Å². The van der Waals surface area contributed by atoms with Crippen molar-refractivity contribution in [1.29, 1.82) is 0 Å². The Balaban J connectivity index is 2.08. The van der Waals surface area contributed by atoms with Gasteiger partial charge in [-0.25, -0.2) is 13.1 Å². The van der Waals surface area contributed by atoms with Gasteiger partial charge < -0.3 is 10.2 Å². The van der Waals surface area contributed by atoms with Gasteiger partial charge in [0.2, 0.25) is 11.8 Å². The fraction of sp³-hybridized carbons (Fsp3) is 0.333. The number of nitrogens with one attached hydrogen (secondary N) is 1. The Morgan fingerprint density at radius 2 is 1.41 bits per heavy atom. The summed E-state index contributed by atoms with van der Waals surface area (Å²) < 4.78 is 55.8. The first-order chi connectivity index (χ1) is 19.4. The first-order valence-electron chi connectivity index (χ1n) is 13.3. The summed E-state index contributed by atoms with van der Waals surface area (Å²) in [6, 6.07) is 18.3. The molecular formula is C30H36F2N4O4S. The van der Waals surface area contributed by atoms with Gasteiger partial charge in [-0.1, -0.05) is 49.4 Å². The molecule has 0 aromatic heterocycles. The average molecular weight is 587 g/mol. The lowest BCUT2D eigenvalue weighted by molar-refractivity contribution is -0.140. The normalized spacial score (nSPS) is 13.0. The molecule has 3 aromatic carbocycles. The number of hydrogen-bond donors (Lipinski definition) is 1. The molecule has 0 unspecified atom stereocenters. The summed E-state index contributed by atoms with van der Waals surface area (Å²) >= 11 is 0. The fourth-order valence-corrected chi connectivity index (χ4v) is 5.16. The second kappa shape index (κ2) is 14.2. The Hall–Kier alpha value is -3.83. The summed E-state index contributed by atoms with van der Waals surface area (Å²) in [5, 5.41) is 2.95. The number of benzene rings is 3. The smallest absolute Gasteiger partial charge is 0.304 e. The molecule has 41 heavy (non-hydrogen) atoms.